The van der Waals surface area contributed by atoms with E-state index >= 15 is 0 Å². The number of rotatable bonds is 4. The van der Waals surface area contributed by atoms with Crippen molar-refractivity contribution in [1.29, 1.82) is 0 Å². The Kier molecular flexibility index (Phi) is 5.80. The third kappa shape index (κ3) is 4.94. The fourth-order valence-corrected chi connectivity index (χ4v) is 2.58. The van der Waals surface area contributed by atoms with E-state index in [0.29, 0.717) is 25.4 Å². The second kappa shape index (κ2) is 7.64. The molecule has 1 aromatic rings. The highest BCUT2D eigenvalue weighted by molar-refractivity contribution is 5.88. The maximum absolute atomic E-state index is 12.4. The number of aromatic nitrogens is 1. The molecule has 24 heavy (non-hydrogen) atoms. The van der Waals surface area contributed by atoms with Crippen LogP contribution in [-0.2, 0) is 27.1 Å². The number of nitrogens with zero attached hydrogens (tertiary/aromatic N) is 2. The lowest BCUT2D eigenvalue weighted by molar-refractivity contribution is -0.143. The van der Waals surface area contributed by atoms with E-state index in [9.17, 15) is 9.59 Å². The molecule has 0 saturated carbocycles. The van der Waals surface area contributed by atoms with Gasteiger partial charge in [-0.3, -0.25) is 9.69 Å². The van der Waals surface area contributed by atoms with E-state index in [1.54, 1.807) is 11.8 Å². The molecule has 0 bridgehead atoms. The first kappa shape index (κ1) is 18.2. The van der Waals surface area contributed by atoms with Crippen LogP contribution in [0.1, 0.15) is 51.8 Å². The summed E-state index contributed by atoms with van der Waals surface area (Å²) >= 11 is 0. The number of esters is 1. The van der Waals surface area contributed by atoms with Crippen LogP contribution in [0.15, 0.2) is 12.1 Å². The van der Waals surface area contributed by atoms with E-state index in [1.807, 2.05) is 32.9 Å². The zero-order chi connectivity index (χ0) is 17.7. The zero-order valence-corrected chi connectivity index (χ0v) is 14.9. The smallest absolute Gasteiger partial charge is 0.416 e. The Hall–Kier alpha value is -2.11. The molecule has 1 amide bonds. The number of aryl methyl sites for hydroxylation is 2. The summed E-state index contributed by atoms with van der Waals surface area (Å²) in [7, 11) is 0. The van der Waals surface area contributed by atoms with E-state index in [0.717, 1.165) is 24.1 Å². The van der Waals surface area contributed by atoms with Gasteiger partial charge < -0.3 is 9.47 Å². The summed E-state index contributed by atoms with van der Waals surface area (Å²) in [5, 5.41) is 0. The van der Waals surface area contributed by atoms with Crippen LogP contribution in [0.4, 0.5) is 10.6 Å². The monoisotopic (exact) mass is 334 g/mol. The Morgan fingerprint density at radius 1 is 1.29 bits per heavy atom. The summed E-state index contributed by atoms with van der Waals surface area (Å²) in [6.45, 7) is 8.30. The van der Waals surface area contributed by atoms with Gasteiger partial charge in [0.1, 0.15) is 11.4 Å². The lowest BCUT2D eigenvalue weighted by atomic mass is 10.0. The molecule has 6 nitrogen and oxygen atoms in total. The second-order valence-electron chi connectivity index (χ2n) is 6.83. The molecule has 1 aliphatic heterocycles. The van der Waals surface area contributed by atoms with Crippen molar-refractivity contribution in [2.45, 2.75) is 59.0 Å². The van der Waals surface area contributed by atoms with Gasteiger partial charge in [0, 0.05) is 18.7 Å². The van der Waals surface area contributed by atoms with Crippen molar-refractivity contribution in [2.75, 3.05) is 18.1 Å². The molecule has 0 N–H and O–H groups in total. The number of hydrogen-bond acceptors (Lipinski definition) is 5. The molecule has 1 aromatic heterocycles. The predicted molar refractivity (Wildman–Crippen MR) is 91.1 cm³/mol. The third-order valence-corrected chi connectivity index (χ3v) is 3.60. The van der Waals surface area contributed by atoms with Gasteiger partial charge in [-0.05, 0) is 52.2 Å². The van der Waals surface area contributed by atoms with Crippen molar-refractivity contribution in [3.63, 3.8) is 0 Å². The summed E-state index contributed by atoms with van der Waals surface area (Å²) in [4.78, 5) is 30.1. The molecule has 1 aliphatic rings. The van der Waals surface area contributed by atoms with Gasteiger partial charge in [0.05, 0.1) is 13.0 Å². The van der Waals surface area contributed by atoms with Gasteiger partial charge in [-0.15, -0.1) is 0 Å². The van der Waals surface area contributed by atoms with Crippen LogP contribution in [-0.4, -0.2) is 35.8 Å². The summed E-state index contributed by atoms with van der Waals surface area (Å²) in [5.41, 5.74) is 1.26. The van der Waals surface area contributed by atoms with E-state index in [2.05, 4.69) is 4.98 Å². The number of ether oxygens (including phenoxy) is 2. The van der Waals surface area contributed by atoms with Gasteiger partial charge in [0.25, 0.3) is 0 Å². The number of anilines is 1. The number of fused-ring (bicyclic) bond motifs is 1. The average molecular weight is 334 g/mol. The average Bonchev–Trinajstić information content (AvgIpc) is 2.50. The van der Waals surface area contributed by atoms with Gasteiger partial charge in [-0.25, -0.2) is 9.78 Å². The standard InChI is InChI=1S/C18H26N2O4/c1-5-23-15(21)11-10-14-9-8-13-7-6-12-20(16(13)19-14)17(22)24-18(2,3)4/h8-9H,5-7,10-12H2,1-4H3. The van der Waals surface area contributed by atoms with Crippen LogP contribution in [0.2, 0.25) is 0 Å². The normalized spacial score (nSPS) is 14.1. The second-order valence-corrected chi connectivity index (χ2v) is 6.83. The molecule has 6 heteroatoms. The highest BCUT2D eigenvalue weighted by Crippen LogP contribution is 2.27. The molecule has 0 aromatic carbocycles. The topological polar surface area (TPSA) is 68.7 Å². The van der Waals surface area contributed by atoms with Gasteiger partial charge in [0.15, 0.2) is 0 Å². The molecular weight excluding hydrogens is 308 g/mol. The van der Waals surface area contributed by atoms with E-state index in [4.69, 9.17) is 9.47 Å². The lowest BCUT2D eigenvalue weighted by Gasteiger charge is -2.31. The zero-order valence-electron chi connectivity index (χ0n) is 14.9. The Labute approximate surface area is 143 Å². The van der Waals surface area contributed by atoms with Crippen LogP contribution in [0.5, 0.6) is 0 Å². The van der Waals surface area contributed by atoms with Crippen molar-refractivity contribution < 1.29 is 19.1 Å². The predicted octanol–water partition coefficient (Wildman–Crippen LogP) is 3.27. The first-order chi connectivity index (χ1) is 11.3. The number of carbonyl (C=O) groups excluding carboxylic acids is 2. The Balaban J connectivity index is 2.14. The SMILES string of the molecule is CCOC(=O)CCc1ccc2c(n1)N(C(=O)OC(C)(C)C)CCC2. The molecule has 0 saturated heterocycles. The van der Waals surface area contributed by atoms with Crippen LogP contribution >= 0.6 is 0 Å². The molecule has 0 atom stereocenters. The summed E-state index contributed by atoms with van der Waals surface area (Å²) in [6, 6.07) is 3.90. The van der Waals surface area contributed by atoms with E-state index < -0.39 is 5.60 Å². The van der Waals surface area contributed by atoms with Crippen molar-refractivity contribution >= 4 is 17.9 Å². The lowest BCUT2D eigenvalue weighted by Crippen LogP contribution is -2.40. The van der Waals surface area contributed by atoms with Crippen molar-refractivity contribution in [1.82, 2.24) is 4.98 Å². The number of amides is 1. The van der Waals surface area contributed by atoms with Gasteiger partial charge in [-0.2, -0.15) is 0 Å². The Bertz CT molecular complexity index is 608. The number of hydrogen-bond donors (Lipinski definition) is 0. The molecule has 0 unspecified atom stereocenters. The maximum atomic E-state index is 12.4. The van der Waals surface area contributed by atoms with Crippen LogP contribution in [0.25, 0.3) is 0 Å². The quantitative estimate of drug-likeness (QED) is 0.791. The van der Waals surface area contributed by atoms with Crippen molar-refractivity contribution in [3.8, 4) is 0 Å². The molecular formula is C18H26N2O4. The Morgan fingerprint density at radius 3 is 2.71 bits per heavy atom. The maximum Gasteiger partial charge on any atom is 0.416 e. The fraction of sp³-hybridized carbons (Fsp3) is 0.611. The molecule has 0 aliphatic carbocycles. The molecule has 0 spiro atoms. The van der Waals surface area contributed by atoms with Crippen molar-refractivity contribution in [3.05, 3.63) is 23.4 Å². The fourth-order valence-electron chi connectivity index (χ4n) is 2.58. The van der Waals surface area contributed by atoms with Crippen LogP contribution in [0, 0.1) is 0 Å². The molecule has 132 valence electrons. The Morgan fingerprint density at radius 2 is 2.04 bits per heavy atom. The minimum Gasteiger partial charge on any atom is -0.466 e. The first-order valence-electron chi connectivity index (χ1n) is 8.45. The summed E-state index contributed by atoms with van der Waals surface area (Å²) in [6.07, 6.45) is 2.18. The van der Waals surface area contributed by atoms with Crippen molar-refractivity contribution in [2.24, 2.45) is 0 Å². The number of pyridine rings is 1. The minimum absolute atomic E-state index is 0.235. The number of carbonyl (C=O) groups is 2. The molecule has 0 fully saturated rings. The summed E-state index contributed by atoms with van der Waals surface area (Å²) < 4.78 is 10.4. The molecule has 0 radical (unpaired) electrons. The highest BCUT2D eigenvalue weighted by atomic mass is 16.6. The minimum atomic E-state index is -0.545. The summed E-state index contributed by atoms with van der Waals surface area (Å²) in [5.74, 6) is 0.415. The van der Waals surface area contributed by atoms with Crippen LogP contribution < -0.4 is 4.90 Å². The first-order valence-corrected chi connectivity index (χ1v) is 8.45. The van der Waals surface area contributed by atoms with Gasteiger partial charge in [-0.1, -0.05) is 6.07 Å². The van der Waals surface area contributed by atoms with Crippen LogP contribution in [0.3, 0.4) is 0 Å². The molecule has 2 rings (SSSR count). The van der Waals surface area contributed by atoms with E-state index in [-0.39, 0.29) is 18.5 Å². The third-order valence-electron chi connectivity index (χ3n) is 3.60. The van der Waals surface area contributed by atoms with E-state index in [1.165, 1.54) is 0 Å². The highest BCUT2D eigenvalue weighted by Gasteiger charge is 2.28. The molecule has 2 heterocycles. The van der Waals surface area contributed by atoms with Gasteiger partial charge in [0.2, 0.25) is 0 Å². The van der Waals surface area contributed by atoms with Gasteiger partial charge >= 0.3 is 12.1 Å². The largest absolute Gasteiger partial charge is 0.466 e.